The third kappa shape index (κ3) is 3.47. The molecular weight excluding hydrogens is 226 g/mol. The minimum absolute atomic E-state index is 0.115. The van der Waals surface area contributed by atoms with Crippen LogP contribution in [0.2, 0.25) is 5.15 Å². The van der Waals surface area contributed by atoms with E-state index in [2.05, 4.69) is 10.3 Å². The third-order valence-corrected chi connectivity index (χ3v) is 2.64. The highest BCUT2D eigenvalue weighted by Gasteiger charge is 2.11. The van der Waals surface area contributed by atoms with Gasteiger partial charge in [-0.3, -0.25) is 4.79 Å². The Morgan fingerprint density at radius 3 is 2.94 bits per heavy atom. The monoisotopic (exact) mass is 241 g/mol. The Labute approximate surface area is 100 Å². The van der Waals surface area contributed by atoms with Crippen molar-refractivity contribution in [3.63, 3.8) is 0 Å². The first-order valence-corrected chi connectivity index (χ1v) is 5.59. The van der Waals surface area contributed by atoms with Crippen LogP contribution in [0.5, 0.6) is 0 Å². The smallest absolute Gasteiger partial charge is 0.226 e. The van der Waals surface area contributed by atoms with Gasteiger partial charge >= 0.3 is 0 Å². The lowest BCUT2D eigenvalue weighted by Crippen LogP contribution is -2.26. The predicted octanol–water partition coefficient (Wildman–Crippen LogP) is 2.11. The van der Waals surface area contributed by atoms with Gasteiger partial charge in [0.05, 0.1) is 5.69 Å². The van der Waals surface area contributed by atoms with Crippen molar-refractivity contribution in [3.05, 3.63) is 23.0 Å². The maximum atomic E-state index is 11.6. The number of pyridine rings is 1. The molecule has 0 radical (unpaired) electrons. The number of halogens is 1. The highest BCUT2D eigenvalue weighted by Crippen LogP contribution is 2.22. The molecule has 16 heavy (non-hydrogen) atoms. The molecule has 0 spiro atoms. The first-order chi connectivity index (χ1) is 7.54. The molecule has 3 N–H and O–H groups in total. The number of nitrogens with two attached hydrogens (primary N) is 1. The summed E-state index contributed by atoms with van der Waals surface area (Å²) in [4.78, 5) is 15.5. The summed E-state index contributed by atoms with van der Waals surface area (Å²) in [5.74, 6) is -0.132. The van der Waals surface area contributed by atoms with Gasteiger partial charge in [0.2, 0.25) is 5.91 Å². The van der Waals surface area contributed by atoms with E-state index in [1.807, 2.05) is 13.8 Å². The number of aryl methyl sites for hydroxylation is 1. The summed E-state index contributed by atoms with van der Waals surface area (Å²) in [5.41, 5.74) is 7.15. The van der Waals surface area contributed by atoms with Gasteiger partial charge in [-0.2, -0.15) is 0 Å². The Morgan fingerprint density at radius 1 is 1.69 bits per heavy atom. The van der Waals surface area contributed by atoms with Crippen molar-refractivity contribution < 1.29 is 4.79 Å². The molecule has 0 aromatic carbocycles. The number of carbonyl (C=O) groups excluding carboxylic acids is 1. The summed E-state index contributed by atoms with van der Waals surface area (Å²) in [7, 11) is 0. The van der Waals surface area contributed by atoms with Crippen molar-refractivity contribution in [1.29, 1.82) is 0 Å². The number of anilines is 1. The van der Waals surface area contributed by atoms with Crippen LogP contribution in [0.3, 0.4) is 0 Å². The summed E-state index contributed by atoms with van der Waals surface area (Å²) < 4.78 is 0. The minimum Gasteiger partial charge on any atom is -0.327 e. The van der Waals surface area contributed by atoms with E-state index < -0.39 is 0 Å². The molecule has 1 aromatic heterocycles. The molecule has 88 valence electrons. The Balaban J connectivity index is 2.70. The van der Waals surface area contributed by atoms with Gasteiger partial charge in [0.1, 0.15) is 0 Å². The zero-order chi connectivity index (χ0) is 12.1. The zero-order valence-corrected chi connectivity index (χ0v) is 10.2. The summed E-state index contributed by atoms with van der Waals surface area (Å²) in [6.07, 6.45) is 2.67. The molecule has 0 aliphatic rings. The second-order valence-electron chi connectivity index (χ2n) is 3.71. The number of hydrogen-bond donors (Lipinski definition) is 2. The lowest BCUT2D eigenvalue weighted by atomic mass is 10.1. The van der Waals surface area contributed by atoms with Gasteiger partial charge in [-0.25, -0.2) is 4.98 Å². The van der Waals surface area contributed by atoms with Gasteiger partial charge in [0.15, 0.2) is 5.15 Å². The Morgan fingerprint density at radius 2 is 2.38 bits per heavy atom. The molecule has 1 heterocycles. The lowest BCUT2D eigenvalue weighted by molar-refractivity contribution is -0.116. The van der Waals surface area contributed by atoms with E-state index in [1.165, 1.54) is 0 Å². The fraction of sp³-hybridized carbons (Fsp3) is 0.455. The van der Waals surface area contributed by atoms with Gasteiger partial charge in [-0.05, 0) is 25.0 Å². The molecular formula is C11H16ClN3O. The van der Waals surface area contributed by atoms with Crippen LogP contribution in [0.25, 0.3) is 0 Å². The molecule has 0 saturated carbocycles. The number of nitrogens with zero attached hydrogens (tertiary/aromatic N) is 1. The predicted molar refractivity (Wildman–Crippen MR) is 65.5 cm³/mol. The first kappa shape index (κ1) is 12.9. The average molecular weight is 242 g/mol. The van der Waals surface area contributed by atoms with E-state index in [-0.39, 0.29) is 11.9 Å². The molecule has 1 aromatic rings. The van der Waals surface area contributed by atoms with Gasteiger partial charge < -0.3 is 11.1 Å². The molecule has 0 aliphatic heterocycles. The molecule has 1 rings (SSSR count). The largest absolute Gasteiger partial charge is 0.327 e. The van der Waals surface area contributed by atoms with Crippen molar-refractivity contribution in [2.45, 2.75) is 32.7 Å². The van der Waals surface area contributed by atoms with Crippen molar-refractivity contribution in [3.8, 4) is 0 Å². The summed E-state index contributed by atoms with van der Waals surface area (Å²) in [6.45, 7) is 3.81. The highest BCUT2D eigenvalue weighted by atomic mass is 35.5. The van der Waals surface area contributed by atoms with Crippen LogP contribution in [-0.2, 0) is 4.79 Å². The van der Waals surface area contributed by atoms with E-state index >= 15 is 0 Å². The molecule has 5 heteroatoms. The molecule has 1 amide bonds. The van der Waals surface area contributed by atoms with Crippen molar-refractivity contribution in [1.82, 2.24) is 4.98 Å². The van der Waals surface area contributed by atoms with Gasteiger partial charge in [0.25, 0.3) is 0 Å². The van der Waals surface area contributed by atoms with Crippen LogP contribution < -0.4 is 11.1 Å². The maximum Gasteiger partial charge on any atom is 0.226 e. The van der Waals surface area contributed by atoms with Crippen LogP contribution in [0.1, 0.15) is 25.3 Å². The quantitative estimate of drug-likeness (QED) is 0.794. The maximum absolute atomic E-state index is 11.6. The SMILES string of the molecule is CCC(N)CC(=O)Nc1c(C)ccnc1Cl. The number of carbonyl (C=O) groups is 1. The third-order valence-electron chi connectivity index (χ3n) is 2.35. The van der Waals surface area contributed by atoms with Crippen molar-refractivity contribution in [2.75, 3.05) is 5.32 Å². The topological polar surface area (TPSA) is 68.0 Å². The summed E-state index contributed by atoms with van der Waals surface area (Å²) in [5, 5.41) is 3.03. The van der Waals surface area contributed by atoms with Crippen molar-refractivity contribution in [2.24, 2.45) is 5.73 Å². The Kier molecular flexibility index (Phi) is 4.71. The number of nitrogens with one attached hydrogen (secondary N) is 1. The second-order valence-corrected chi connectivity index (χ2v) is 4.07. The second kappa shape index (κ2) is 5.82. The number of aromatic nitrogens is 1. The molecule has 1 atom stereocenters. The molecule has 0 saturated heterocycles. The fourth-order valence-electron chi connectivity index (χ4n) is 1.25. The van der Waals surface area contributed by atoms with Crippen LogP contribution in [0.15, 0.2) is 12.3 Å². The minimum atomic E-state index is -0.132. The average Bonchev–Trinajstić information content (AvgIpc) is 2.23. The van der Waals surface area contributed by atoms with Crippen molar-refractivity contribution >= 4 is 23.2 Å². The van der Waals surface area contributed by atoms with E-state index in [4.69, 9.17) is 17.3 Å². The Bertz CT molecular complexity index is 361. The number of rotatable bonds is 4. The fourth-order valence-corrected chi connectivity index (χ4v) is 1.50. The molecule has 0 aliphatic carbocycles. The van der Waals surface area contributed by atoms with E-state index in [1.54, 1.807) is 12.3 Å². The zero-order valence-electron chi connectivity index (χ0n) is 9.46. The van der Waals surface area contributed by atoms with Gasteiger partial charge in [-0.1, -0.05) is 18.5 Å². The first-order valence-electron chi connectivity index (χ1n) is 5.21. The summed E-state index contributed by atoms with van der Waals surface area (Å²) >= 11 is 5.89. The molecule has 1 unspecified atom stereocenters. The van der Waals surface area contributed by atoms with Crippen LogP contribution in [0, 0.1) is 6.92 Å². The standard InChI is InChI=1S/C11H16ClN3O/c1-3-8(13)6-9(16)15-10-7(2)4-5-14-11(10)12/h4-5,8H,3,6,13H2,1-2H3,(H,15,16). The highest BCUT2D eigenvalue weighted by molar-refractivity contribution is 6.32. The molecule has 0 bridgehead atoms. The lowest BCUT2D eigenvalue weighted by Gasteiger charge is -2.11. The Hall–Kier alpha value is -1.13. The van der Waals surface area contributed by atoms with Gasteiger partial charge in [0, 0.05) is 18.7 Å². The van der Waals surface area contributed by atoms with Crippen LogP contribution in [-0.4, -0.2) is 16.9 Å². The van der Waals surface area contributed by atoms with Crippen LogP contribution in [0.4, 0.5) is 5.69 Å². The molecule has 0 fully saturated rings. The van der Waals surface area contributed by atoms with E-state index in [0.717, 1.165) is 12.0 Å². The van der Waals surface area contributed by atoms with E-state index in [9.17, 15) is 4.79 Å². The number of amides is 1. The van der Waals surface area contributed by atoms with Gasteiger partial charge in [-0.15, -0.1) is 0 Å². The number of hydrogen-bond acceptors (Lipinski definition) is 3. The molecule has 4 nitrogen and oxygen atoms in total. The normalized spacial score (nSPS) is 12.2. The summed E-state index contributed by atoms with van der Waals surface area (Å²) in [6, 6.07) is 1.68. The van der Waals surface area contributed by atoms with Crippen LogP contribution >= 0.6 is 11.6 Å². The van der Waals surface area contributed by atoms with E-state index in [0.29, 0.717) is 17.3 Å².